The second-order valence-corrected chi connectivity index (χ2v) is 13.0. The van der Waals surface area contributed by atoms with Crippen LogP contribution in [0.5, 0.6) is 0 Å². The van der Waals surface area contributed by atoms with Crippen LogP contribution in [0.4, 0.5) is 0 Å². The number of Topliss-reactive ketones (excluding diaryl/α,β-unsaturated/α-hetero) is 1. The lowest BCUT2D eigenvalue weighted by molar-refractivity contribution is -0.151. The molecular formula is C29H45N3O2. The first-order valence-corrected chi connectivity index (χ1v) is 13.6. The molecule has 0 heterocycles. The summed E-state index contributed by atoms with van der Waals surface area (Å²) in [5.41, 5.74) is 0.172. The standard InChI is InChI=1S/C29H45N3O2/c1-6-20-13-24-22-8-7-21-14-27(2,34)11-12-28(21,3)23(22)9-10-29(24,4)26(20)25(33)18-32(5)17-19(15-30)16-31/h15,17,20-24,26,30,34H,6-14,18H2,1-5H3/b19-17+,30-15?/t20-,21+,22-,23+,24+,26-,27-,28+,29+/m1/s1. The van der Waals surface area contributed by atoms with Gasteiger partial charge in [0.15, 0.2) is 5.78 Å². The van der Waals surface area contributed by atoms with Crippen LogP contribution in [0.15, 0.2) is 11.8 Å². The molecular weight excluding hydrogens is 422 g/mol. The van der Waals surface area contributed by atoms with Crippen LogP contribution in [0.2, 0.25) is 0 Å². The third-order valence-corrected chi connectivity index (χ3v) is 11.1. The minimum atomic E-state index is -0.498. The summed E-state index contributed by atoms with van der Waals surface area (Å²) in [6, 6.07) is 2.01. The summed E-state index contributed by atoms with van der Waals surface area (Å²) < 4.78 is 0. The average molecular weight is 468 g/mol. The number of allylic oxidation sites excluding steroid dienone is 1. The number of carbonyl (C=O) groups excluding carboxylic acids is 1. The normalized spacial score (nSPS) is 46.0. The van der Waals surface area contributed by atoms with E-state index in [-0.39, 0.29) is 16.9 Å². The Morgan fingerprint density at radius 3 is 2.53 bits per heavy atom. The molecule has 5 heteroatoms. The minimum Gasteiger partial charge on any atom is -0.390 e. The fourth-order valence-corrected chi connectivity index (χ4v) is 9.37. The summed E-state index contributed by atoms with van der Waals surface area (Å²) in [7, 11) is 1.84. The van der Waals surface area contributed by atoms with E-state index in [0.29, 0.717) is 41.4 Å². The van der Waals surface area contributed by atoms with Crippen LogP contribution in [-0.2, 0) is 4.79 Å². The van der Waals surface area contributed by atoms with E-state index in [0.717, 1.165) is 44.2 Å². The lowest BCUT2D eigenvalue weighted by atomic mass is 9.44. The predicted octanol–water partition coefficient (Wildman–Crippen LogP) is 5.59. The molecule has 0 spiro atoms. The van der Waals surface area contributed by atoms with Crippen molar-refractivity contribution in [1.29, 1.82) is 10.7 Å². The summed E-state index contributed by atoms with van der Waals surface area (Å²) in [6.07, 6.45) is 12.7. The van der Waals surface area contributed by atoms with Gasteiger partial charge in [-0.05, 0) is 98.7 Å². The first kappa shape index (κ1) is 25.4. The molecule has 0 aromatic rings. The minimum absolute atomic E-state index is 0.0619. The molecule has 0 bridgehead atoms. The van der Waals surface area contributed by atoms with Gasteiger partial charge in [0.2, 0.25) is 0 Å². The highest BCUT2D eigenvalue weighted by molar-refractivity contribution is 5.85. The Balaban J connectivity index is 1.56. The molecule has 0 radical (unpaired) electrons. The first-order chi connectivity index (χ1) is 16.0. The van der Waals surface area contributed by atoms with Crippen LogP contribution in [0.25, 0.3) is 0 Å². The van der Waals surface area contributed by atoms with Crippen molar-refractivity contribution >= 4 is 12.0 Å². The van der Waals surface area contributed by atoms with Crippen LogP contribution in [-0.4, -0.2) is 41.2 Å². The van der Waals surface area contributed by atoms with Gasteiger partial charge in [0.05, 0.1) is 17.7 Å². The number of rotatable bonds is 6. The number of hydrogen-bond acceptors (Lipinski definition) is 5. The quantitative estimate of drug-likeness (QED) is 0.394. The van der Waals surface area contributed by atoms with Gasteiger partial charge >= 0.3 is 0 Å². The number of nitrogens with one attached hydrogen (secondary N) is 1. The van der Waals surface area contributed by atoms with Crippen molar-refractivity contribution < 1.29 is 9.90 Å². The van der Waals surface area contributed by atoms with Gasteiger partial charge < -0.3 is 15.4 Å². The highest BCUT2D eigenvalue weighted by atomic mass is 16.3. The molecule has 0 unspecified atom stereocenters. The summed E-state index contributed by atoms with van der Waals surface area (Å²) in [6.45, 7) is 9.53. The van der Waals surface area contributed by atoms with Crippen molar-refractivity contribution in [3.8, 4) is 6.07 Å². The van der Waals surface area contributed by atoms with Crippen LogP contribution >= 0.6 is 0 Å². The van der Waals surface area contributed by atoms with Crippen molar-refractivity contribution in [1.82, 2.24) is 4.90 Å². The largest absolute Gasteiger partial charge is 0.390 e. The third kappa shape index (κ3) is 4.15. The topological polar surface area (TPSA) is 88.2 Å². The van der Waals surface area contributed by atoms with Crippen LogP contribution in [0, 0.1) is 63.1 Å². The number of ketones is 1. The van der Waals surface area contributed by atoms with Gasteiger partial charge in [-0.1, -0.05) is 27.2 Å². The van der Waals surface area contributed by atoms with E-state index in [9.17, 15) is 9.90 Å². The summed E-state index contributed by atoms with van der Waals surface area (Å²) >= 11 is 0. The van der Waals surface area contributed by atoms with Crippen molar-refractivity contribution in [2.75, 3.05) is 13.6 Å². The SMILES string of the molecule is CC[C@@H]1C[C@H]2[C@@H]3CC[C@H]4C[C@](C)(O)CC[C@]4(C)[C@H]3CC[C@]2(C)[C@H]1C(=O)CN(C)/C=C(/C#N)C=N. The van der Waals surface area contributed by atoms with Crippen molar-refractivity contribution in [3.63, 3.8) is 0 Å². The second kappa shape index (κ2) is 9.08. The maximum Gasteiger partial charge on any atom is 0.155 e. The molecule has 0 aromatic heterocycles. The molecule has 188 valence electrons. The number of likely N-dealkylation sites (N-methyl/N-ethyl adjacent to an activating group) is 1. The highest BCUT2D eigenvalue weighted by Crippen LogP contribution is 2.69. The maximum atomic E-state index is 13.7. The third-order valence-electron chi connectivity index (χ3n) is 11.1. The van der Waals surface area contributed by atoms with E-state index < -0.39 is 5.60 Å². The van der Waals surface area contributed by atoms with E-state index in [4.69, 9.17) is 10.7 Å². The number of aliphatic hydroxyl groups is 1. The van der Waals surface area contributed by atoms with Crippen LogP contribution in [0.1, 0.15) is 85.5 Å². The molecule has 2 N–H and O–H groups in total. The second-order valence-electron chi connectivity index (χ2n) is 13.0. The Bertz CT molecular complexity index is 888. The Hall–Kier alpha value is -1.67. The van der Waals surface area contributed by atoms with E-state index >= 15 is 0 Å². The molecule has 34 heavy (non-hydrogen) atoms. The Kier molecular flexibility index (Phi) is 6.79. The molecule has 0 amide bonds. The Morgan fingerprint density at radius 1 is 1.15 bits per heavy atom. The smallest absolute Gasteiger partial charge is 0.155 e. The zero-order chi connectivity index (χ0) is 24.9. The number of nitrogens with zero attached hydrogens (tertiary/aromatic N) is 2. The molecule has 0 aliphatic heterocycles. The summed E-state index contributed by atoms with van der Waals surface area (Å²) in [5.74, 6) is 3.51. The molecule has 5 nitrogen and oxygen atoms in total. The van der Waals surface area contributed by atoms with Crippen LogP contribution < -0.4 is 0 Å². The molecule has 4 fully saturated rings. The number of carbonyl (C=O) groups is 1. The highest BCUT2D eigenvalue weighted by Gasteiger charge is 2.63. The predicted molar refractivity (Wildman–Crippen MR) is 135 cm³/mol. The molecule has 9 atom stereocenters. The molecule has 4 rings (SSSR count). The lowest BCUT2D eigenvalue weighted by Crippen LogP contribution is -2.56. The Morgan fingerprint density at radius 2 is 1.88 bits per heavy atom. The average Bonchev–Trinajstić information content (AvgIpc) is 3.10. The van der Waals surface area contributed by atoms with Gasteiger partial charge in [-0.3, -0.25) is 4.79 Å². The van der Waals surface area contributed by atoms with E-state index in [1.165, 1.54) is 25.7 Å². The van der Waals surface area contributed by atoms with E-state index in [2.05, 4.69) is 20.8 Å². The Labute approximate surface area is 206 Å². The summed E-state index contributed by atoms with van der Waals surface area (Å²) in [5, 5.41) is 27.3. The molecule has 4 aliphatic carbocycles. The van der Waals surface area contributed by atoms with Gasteiger partial charge in [-0.2, -0.15) is 5.26 Å². The molecule has 0 saturated heterocycles. The fourth-order valence-electron chi connectivity index (χ4n) is 9.37. The van der Waals surface area contributed by atoms with Gasteiger partial charge in [0.1, 0.15) is 6.07 Å². The maximum absolute atomic E-state index is 13.7. The van der Waals surface area contributed by atoms with Gasteiger partial charge in [-0.25, -0.2) is 0 Å². The van der Waals surface area contributed by atoms with Gasteiger partial charge in [0.25, 0.3) is 0 Å². The van der Waals surface area contributed by atoms with Crippen LogP contribution in [0.3, 0.4) is 0 Å². The molecule has 0 aromatic carbocycles. The van der Waals surface area contributed by atoms with Crippen molar-refractivity contribution in [3.05, 3.63) is 11.8 Å². The van der Waals surface area contributed by atoms with Crippen molar-refractivity contribution in [2.45, 2.75) is 91.1 Å². The summed E-state index contributed by atoms with van der Waals surface area (Å²) in [4.78, 5) is 15.5. The van der Waals surface area contributed by atoms with Crippen molar-refractivity contribution in [2.24, 2.45) is 46.3 Å². The monoisotopic (exact) mass is 467 g/mol. The zero-order valence-corrected chi connectivity index (χ0v) is 21.9. The first-order valence-electron chi connectivity index (χ1n) is 13.6. The molecule has 4 saturated carbocycles. The van der Waals surface area contributed by atoms with Gasteiger partial charge in [0, 0.05) is 25.4 Å². The van der Waals surface area contributed by atoms with E-state index in [1.807, 2.05) is 20.0 Å². The fraction of sp³-hybridized carbons (Fsp3) is 0.828. The number of nitriles is 1. The zero-order valence-electron chi connectivity index (χ0n) is 21.9. The molecule has 4 aliphatic rings. The van der Waals surface area contributed by atoms with E-state index in [1.54, 1.807) is 11.1 Å². The lowest BCUT2D eigenvalue weighted by Gasteiger charge is -2.61. The van der Waals surface area contributed by atoms with Gasteiger partial charge in [-0.15, -0.1) is 0 Å². The number of hydrogen-bond donors (Lipinski definition) is 2. The number of fused-ring (bicyclic) bond motifs is 5.